The molecule has 1 N–H and O–H groups in total. The Balaban J connectivity index is 1.29. The van der Waals surface area contributed by atoms with Gasteiger partial charge in [-0.1, -0.05) is 29.4 Å². The third kappa shape index (κ3) is 4.09. The molecule has 5 nitrogen and oxygen atoms in total. The number of rotatable bonds is 8. The Morgan fingerprint density at radius 3 is 2.80 bits per heavy atom. The van der Waals surface area contributed by atoms with Gasteiger partial charge in [-0.15, -0.1) is 0 Å². The highest BCUT2D eigenvalue weighted by Gasteiger charge is 2.34. The minimum absolute atomic E-state index is 0.113. The highest BCUT2D eigenvalue weighted by atomic mass is 16.5. The monoisotopic (exact) mass is 339 g/mol. The summed E-state index contributed by atoms with van der Waals surface area (Å²) in [7, 11) is 0. The molecule has 1 aromatic heterocycles. The van der Waals surface area contributed by atoms with Crippen molar-refractivity contribution < 1.29 is 9.32 Å². The zero-order valence-electron chi connectivity index (χ0n) is 14.7. The Morgan fingerprint density at radius 2 is 2.08 bits per heavy atom. The first-order chi connectivity index (χ1) is 12.2. The van der Waals surface area contributed by atoms with E-state index in [-0.39, 0.29) is 11.9 Å². The summed E-state index contributed by atoms with van der Waals surface area (Å²) in [6.07, 6.45) is 6.65. The van der Waals surface area contributed by atoms with Gasteiger partial charge in [-0.05, 0) is 56.1 Å². The summed E-state index contributed by atoms with van der Waals surface area (Å²) in [5.41, 5.74) is 2.50. The number of nitrogens with zero attached hydrogens (tertiary/aromatic N) is 2. The van der Waals surface area contributed by atoms with Crippen LogP contribution in [0.2, 0.25) is 0 Å². The first kappa shape index (κ1) is 16.3. The van der Waals surface area contributed by atoms with Crippen LogP contribution >= 0.6 is 0 Å². The number of aromatic nitrogens is 2. The summed E-state index contributed by atoms with van der Waals surface area (Å²) < 4.78 is 5.27. The lowest BCUT2D eigenvalue weighted by molar-refractivity contribution is -0.122. The summed E-state index contributed by atoms with van der Waals surface area (Å²) in [6, 6.07) is 8.50. The van der Waals surface area contributed by atoms with Crippen LogP contribution in [-0.2, 0) is 11.2 Å². The molecule has 1 heterocycles. The van der Waals surface area contributed by atoms with E-state index >= 15 is 0 Å². The van der Waals surface area contributed by atoms with Gasteiger partial charge in [-0.2, -0.15) is 4.98 Å². The van der Waals surface area contributed by atoms with Crippen LogP contribution in [0.25, 0.3) is 0 Å². The molecule has 0 bridgehead atoms. The van der Waals surface area contributed by atoms with Gasteiger partial charge in [0, 0.05) is 18.8 Å². The van der Waals surface area contributed by atoms with Gasteiger partial charge < -0.3 is 9.84 Å². The smallest absolute Gasteiger partial charge is 0.226 e. The second-order valence-electron chi connectivity index (χ2n) is 7.41. The van der Waals surface area contributed by atoms with Crippen molar-refractivity contribution >= 4 is 5.91 Å². The second-order valence-corrected chi connectivity index (χ2v) is 7.41. The summed E-state index contributed by atoms with van der Waals surface area (Å²) in [4.78, 5) is 16.8. The zero-order valence-corrected chi connectivity index (χ0v) is 14.7. The topological polar surface area (TPSA) is 68.0 Å². The van der Waals surface area contributed by atoms with Gasteiger partial charge in [-0.25, -0.2) is 0 Å². The van der Waals surface area contributed by atoms with Crippen molar-refractivity contribution in [2.45, 2.75) is 63.8 Å². The van der Waals surface area contributed by atoms with Crippen LogP contribution in [0.4, 0.5) is 0 Å². The molecular formula is C20H25N3O2. The zero-order chi connectivity index (χ0) is 17.2. The largest absolute Gasteiger partial charge is 0.349 e. The maximum atomic E-state index is 12.4. The molecule has 2 aliphatic carbocycles. The number of carbonyl (C=O) groups is 1. The fraction of sp³-hybridized carbons (Fsp3) is 0.550. The van der Waals surface area contributed by atoms with Gasteiger partial charge in [0.05, 0.1) is 6.04 Å². The molecule has 0 spiro atoms. The van der Waals surface area contributed by atoms with E-state index in [0.29, 0.717) is 30.6 Å². The first-order valence-electron chi connectivity index (χ1n) is 9.38. The number of nitrogens with one attached hydrogen (secondary N) is 1. The van der Waals surface area contributed by atoms with E-state index in [2.05, 4.69) is 40.6 Å². The molecule has 4 rings (SSSR count). The van der Waals surface area contributed by atoms with Gasteiger partial charge >= 0.3 is 0 Å². The van der Waals surface area contributed by atoms with Gasteiger partial charge in [0.1, 0.15) is 0 Å². The van der Waals surface area contributed by atoms with Crippen molar-refractivity contribution in [3.63, 3.8) is 0 Å². The summed E-state index contributed by atoms with van der Waals surface area (Å²) in [5, 5.41) is 7.27. The highest BCUT2D eigenvalue weighted by Crippen LogP contribution is 2.42. The highest BCUT2D eigenvalue weighted by molar-refractivity contribution is 5.76. The van der Waals surface area contributed by atoms with E-state index in [0.717, 1.165) is 12.2 Å². The lowest BCUT2D eigenvalue weighted by Gasteiger charge is -2.20. The summed E-state index contributed by atoms with van der Waals surface area (Å²) in [6.45, 7) is 2.11. The van der Waals surface area contributed by atoms with Crippen LogP contribution in [0.3, 0.4) is 0 Å². The van der Waals surface area contributed by atoms with E-state index in [1.807, 2.05) is 6.07 Å². The third-order valence-electron chi connectivity index (χ3n) is 5.15. The Morgan fingerprint density at radius 1 is 1.28 bits per heavy atom. The Labute approximate surface area is 148 Å². The van der Waals surface area contributed by atoms with Crippen LogP contribution < -0.4 is 5.32 Å². The van der Waals surface area contributed by atoms with Crippen LogP contribution in [-0.4, -0.2) is 16.0 Å². The lowest BCUT2D eigenvalue weighted by Crippen LogP contribution is -2.30. The number of benzene rings is 1. The number of hydrogen-bond acceptors (Lipinski definition) is 4. The Kier molecular flexibility index (Phi) is 4.55. The standard InChI is InChI=1S/C20H25N3O2/c1-13-5-2-3-6-16(13)19(14-9-10-14)21-17(24)7-4-8-18-22-20(23-25-18)15-11-12-15/h2-3,5-6,14-15,19H,4,7-12H2,1H3,(H,21,24)/t19-/m1/s1. The van der Waals surface area contributed by atoms with E-state index in [1.165, 1.54) is 36.8 Å². The predicted octanol–water partition coefficient (Wildman–Crippen LogP) is 3.85. The fourth-order valence-electron chi connectivity index (χ4n) is 3.34. The third-order valence-corrected chi connectivity index (χ3v) is 5.15. The van der Waals surface area contributed by atoms with Gasteiger partial charge in [0.15, 0.2) is 5.82 Å². The van der Waals surface area contributed by atoms with Crippen molar-refractivity contribution in [3.05, 3.63) is 47.1 Å². The number of aryl methyl sites for hydroxylation is 2. The average Bonchev–Trinajstić information content (AvgIpc) is 3.53. The molecular weight excluding hydrogens is 314 g/mol. The second kappa shape index (κ2) is 6.98. The maximum absolute atomic E-state index is 12.4. The number of amides is 1. The summed E-state index contributed by atoms with van der Waals surface area (Å²) >= 11 is 0. The Bertz CT molecular complexity index is 747. The van der Waals surface area contributed by atoms with E-state index in [9.17, 15) is 4.79 Å². The van der Waals surface area contributed by atoms with Gasteiger partial charge in [0.2, 0.25) is 11.8 Å². The predicted molar refractivity (Wildman–Crippen MR) is 94.0 cm³/mol. The van der Waals surface area contributed by atoms with Crippen LogP contribution in [0.1, 0.15) is 73.3 Å². The molecule has 2 saturated carbocycles. The van der Waals surface area contributed by atoms with Gasteiger partial charge in [-0.3, -0.25) is 4.79 Å². The van der Waals surface area contributed by atoms with Crippen molar-refractivity contribution in [2.24, 2.45) is 5.92 Å². The first-order valence-corrected chi connectivity index (χ1v) is 9.38. The van der Waals surface area contributed by atoms with E-state index in [4.69, 9.17) is 4.52 Å². The number of hydrogen-bond donors (Lipinski definition) is 1. The minimum atomic E-state index is 0.113. The molecule has 1 atom stereocenters. The molecule has 0 saturated heterocycles. The van der Waals surface area contributed by atoms with Crippen molar-refractivity contribution in [1.29, 1.82) is 0 Å². The molecule has 5 heteroatoms. The SMILES string of the molecule is Cc1ccccc1[C@H](NC(=O)CCCc1nc(C2CC2)no1)C1CC1. The molecule has 2 aliphatic rings. The average molecular weight is 339 g/mol. The van der Waals surface area contributed by atoms with Crippen molar-refractivity contribution in [2.75, 3.05) is 0 Å². The molecule has 132 valence electrons. The quantitative estimate of drug-likeness (QED) is 0.793. The van der Waals surface area contributed by atoms with E-state index < -0.39 is 0 Å². The molecule has 1 amide bonds. The Hall–Kier alpha value is -2.17. The molecule has 1 aromatic carbocycles. The minimum Gasteiger partial charge on any atom is -0.349 e. The molecule has 0 radical (unpaired) electrons. The van der Waals surface area contributed by atoms with Crippen molar-refractivity contribution in [1.82, 2.24) is 15.5 Å². The molecule has 2 aromatic rings. The fourth-order valence-corrected chi connectivity index (χ4v) is 3.34. The summed E-state index contributed by atoms with van der Waals surface area (Å²) in [5.74, 6) is 2.71. The molecule has 25 heavy (non-hydrogen) atoms. The van der Waals surface area contributed by atoms with E-state index in [1.54, 1.807) is 0 Å². The maximum Gasteiger partial charge on any atom is 0.226 e. The van der Waals surface area contributed by atoms with Gasteiger partial charge in [0.25, 0.3) is 0 Å². The van der Waals surface area contributed by atoms with Crippen LogP contribution in [0, 0.1) is 12.8 Å². The van der Waals surface area contributed by atoms with Crippen LogP contribution in [0.5, 0.6) is 0 Å². The number of carbonyl (C=O) groups excluding carboxylic acids is 1. The van der Waals surface area contributed by atoms with Crippen LogP contribution in [0.15, 0.2) is 28.8 Å². The molecule has 0 aliphatic heterocycles. The lowest BCUT2D eigenvalue weighted by atomic mass is 9.97. The molecule has 2 fully saturated rings. The molecule has 0 unspecified atom stereocenters. The normalized spacial score (nSPS) is 18.1. The van der Waals surface area contributed by atoms with Crippen molar-refractivity contribution in [3.8, 4) is 0 Å².